The van der Waals surface area contributed by atoms with Crippen molar-refractivity contribution in [2.45, 2.75) is 39.8 Å². The van der Waals surface area contributed by atoms with E-state index in [9.17, 15) is 9.18 Å². The van der Waals surface area contributed by atoms with Crippen LogP contribution in [0.3, 0.4) is 0 Å². The Kier molecular flexibility index (Phi) is 7.29. The average molecular weight is 546 g/mol. The number of hydrogen-bond donors (Lipinski definition) is 3. The number of anilines is 1. The molecule has 0 radical (unpaired) electrons. The van der Waals surface area contributed by atoms with Crippen LogP contribution < -0.4 is 20.6 Å². The summed E-state index contributed by atoms with van der Waals surface area (Å²) in [5.74, 6) is 2.18. The Balaban J connectivity index is 1.13. The molecule has 2 aliphatic rings. The maximum atomic E-state index is 14.1. The summed E-state index contributed by atoms with van der Waals surface area (Å²) in [6, 6.07) is 10.7. The van der Waals surface area contributed by atoms with E-state index in [1.807, 2.05) is 6.07 Å². The molecular formula is C30H36FN7O2. The highest BCUT2D eigenvalue weighted by molar-refractivity contribution is 5.75. The third kappa shape index (κ3) is 5.73. The third-order valence-electron chi connectivity index (χ3n) is 8.01. The minimum Gasteiger partial charge on any atom is -0.451 e. The number of imidazole rings is 1. The van der Waals surface area contributed by atoms with Crippen molar-refractivity contribution in [2.24, 2.45) is 11.3 Å². The second-order valence-electron chi connectivity index (χ2n) is 11.7. The maximum Gasteiger partial charge on any atom is 0.323 e. The highest BCUT2D eigenvalue weighted by Gasteiger charge is 2.44. The summed E-state index contributed by atoms with van der Waals surface area (Å²) in [5.41, 5.74) is 3.65. The van der Waals surface area contributed by atoms with Gasteiger partial charge in [0, 0.05) is 43.7 Å². The smallest absolute Gasteiger partial charge is 0.323 e. The minimum absolute atomic E-state index is 0.176. The van der Waals surface area contributed by atoms with Gasteiger partial charge >= 0.3 is 5.69 Å². The van der Waals surface area contributed by atoms with Gasteiger partial charge in [0.25, 0.3) is 0 Å². The number of rotatable bonds is 9. The van der Waals surface area contributed by atoms with Crippen molar-refractivity contribution >= 4 is 16.9 Å². The van der Waals surface area contributed by atoms with Crippen LogP contribution in [0.4, 0.5) is 10.2 Å². The first-order valence-electron chi connectivity index (χ1n) is 14.0. The molecule has 9 nitrogen and oxygen atoms in total. The van der Waals surface area contributed by atoms with Crippen LogP contribution in [0.15, 0.2) is 53.7 Å². The number of ether oxygens (including phenoxy) is 1. The van der Waals surface area contributed by atoms with Gasteiger partial charge in [-0.1, -0.05) is 19.9 Å². The van der Waals surface area contributed by atoms with E-state index < -0.39 is 0 Å². The maximum absolute atomic E-state index is 14.1. The van der Waals surface area contributed by atoms with Crippen LogP contribution in [0.25, 0.3) is 11.0 Å². The van der Waals surface area contributed by atoms with Gasteiger partial charge in [0.2, 0.25) is 0 Å². The number of fused-ring (bicyclic) bond motifs is 1. The molecule has 6 rings (SSSR count). The van der Waals surface area contributed by atoms with Gasteiger partial charge in [0.1, 0.15) is 17.9 Å². The fourth-order valence-corrected chi connectivity index (χ4v) is 6.07. The van der Waals surface area contributed by atoms with E-state index in [1.165, 1.54) is 17.7 Å². The zero-order chi connectivity index (χ0) is 27.7. The van der Waals surface area contributed by atoms with Crippen molar-refractivity contribution in [3.8, 4) is 11.5 Å². The molecule has 210 valence electrons. The average Bonchev–Trinajstić information content (AvgIpc) is 3.63. The molecule has 2 saturated heterocycles. The molecule has 3 N–H and O–H groups in total. The van der Waals surface area contributed by atoms with E-state index in [1.54, 1.807) is 18.6 Å². The Bertz CT molecular complexity index is 1550. The van der Waals surface area contributed by atoms with Crippen LogP contribution in [0.5, 0.6) is 11.5 Å². The summed E-state index contributed by atoms with van der Waals surface area (Å²) >= 11 is 0. The van der Waals surface area contributed by atoms with Crippen molar-refractivity contribution < 1.29 is 9.13 Å². The molecule has 2 aromatic heterocycles. The summed E-state index contributed by atoms with van der Waals surface area (Å²) in [5, 5.41) is 3.38. The van der Waals surface area contributed by atoms with Crippen molar-refractivity contribution in [1.82, 2.24) is 30.2 Å². The molecule has 2 aromatic carbocycles. The Labute approximate surface area is 232 Å². The van der Waals surface area contributed by atoms with E-state index >= 15 is 0 Å². The Morgan fingerprint density at radius 1 is 1.07 bits per heavy atom. The highest BCUT2D eigenvalue weighted by atomic mass is 19.1. The van der Waals surface area contributed by atoms with E-state index in [4.69, 9.17) is 4.74 Å². The minimum atomic E-state index is -0.285. The van der Waals surface area contributed by atoms with Gasteiger partial charge in [-0.3, -0.25) is 4.90 Å². The summed E-state index contributed by atoms with van der Waals surface area (Å²) in [4.78, 5) is 30.9. The molecule has 1 spiro atoms. The molecular weight excluding hydrogens is 509 g/mol. The molecule has 2 aliphatic heterocycles. The number of H-pyrrole nitrogens is 2. The molecule has 40 heavy (non-hydrogen) atoms. The lowest BCUT2D eigenvalue weighted by Crippen LogP contribution is -2.31. The Morgan fingerprint density at radius 3 is 2.80 bits per heavy atom. The monoisotopic (exact) mass is 545 g/mol. The predicted molar refractivity (Wildman–Crippen MR) is 153 cm³/mol. The molecule has 4 heterocycles. The van der Waals surface area contributed by atoms with E-state index in [0.29, 0.717) is 24.0 Å². The Morgan fingerprint density at radius 2 is 1.93 bits per heavy atom. The zero-order valence-electron chi connectivity index (χ0n) is 23.0. The topological polar surface area (TPSA) is 102 Å². The highest BCUT2D eigenvalue weighted by Crippen LogP contribution is 2.43. The van der Waals surface area contributed by atoms with Crippen LogP contribution in [0.2, 0.25) is 0 Å². The summed E-state index contributed by atoms with van der Waals surface area (Å²) in [6.45, 7) is 10.3. The van der Waals surface area contributed by atoms with E-state index in [0.717, 1.165) is 74.5 Å². The summed E-state index contributed by atoms with van der Waals surface area (Å²) < 4.78 is 20.4. The summed E-state index contributed by atoms with van der Waals surface area (Å²) in [7, 11) is 0. The van der Waals surface area contributed by atoms with Crippen LogP contribution in [-0.2, 0) is 13.1 Å². The molecule has 0 aliphatic carbocycles. The molecule has 4 aromatic rings. The van der Waals surface area contributed by atoms with Crippen molar-refractivity contribution in [1.29, 1.82) is 0 Å². The van der Waals surface area contributed by atoms with Gasteiger partial charge in [-0.25, -0.2) is 19.2 Å². The number of halogens is 1. The standard InChI is InChI=1S/C30H36FN7O2/c1-20(2)13-32-14-22-12-23(31)4-6-26(22)40-27-15-33-19-34-28(27)38-10-8-30(18-38)7-9-37(17-30)16-21-3-5-24-25(11-21)36-29(39)35-24/h3-6,11-12,15,19-20,32H,7-10,13-14,16-18H2,1-2H3,(H2,35,36,39). The first-order chi connectivity index (χ1) is 19.4. The van der Waals surface area contributed by atoms with Crippen LogP contribution in [-0.4, -0.2) is 57.6 Å². The van der Waals surface area contributed by atoms with Gasteiger partial charge in [-0.05, 0) is 67.7 Å². The number of likely N-dealkylation sites (tertiary alicyclic amines) is 1. The van der Waals surface area contributed by atoms with Gasteiger partial charge in [0.05, 0.1) is 17.2 Å². The molecule has 0 bridgehead atoms. The second kappa shape index (κ2) is 11.0. The molecule has 0 saturated carbocycles. The zero-order valence-corrected chi connectivity index (χ0v) is 23.0. The van der Waals surface area contributed by atoms with Gasteiger partial charge in [0.15, 0.2) is 11.6 Å². The van der Waals surface area contributed by atoms with Crippen molar-refractivity contribution in [2.75, 3.05) is 37.6 Å². The normalized spacial score (nSPS) is 19.4. The van der Waals surface area contributed by atoms with E-state index in [-0.39, 0.29) is 16.9 Å². The third-order valence-corrected chi connectivity index (χ3v) is 8.01. The van der Waals surface area contributed by atoms with Crippen molar-refractivity contribution in [3.63, 3.8) is 0 Å². The van der Waals surface area contributed by atoms with Gasteiger partial charge in [-0.2, -0.15) is 0 Å². The van der Waals surface area contributed by atoms with Gasteiger partial charge < -0.3 is 24.9 Å². The number of benzene rings is 2. The first kappa shape index (κ1) is 26.5. The predicted octanol–water partition coefficient (Wildman–Crippen LogP) is 4.43. The number of aromatic amines is 2. The van der Waals surface area contributed by atoms with Crippen LogP contribution in [0.1, 0.15) is 37.8 Å². The van der Waals surface area contributed by atoms with Crippen LogP contribution in [0, 0.1) is 17.2 Å². The quantitative estimate of drug-likeness (QED) is 0.286. The lowest BCUT2D eigenvalue weighted by Gasteiger charge is -2.26. The number of nitrogens with one attached hydrogen (secondary N) is 3. The van der Waals surface area contributed by atoms with Crippen LogP contribution >= 0.6 is 0 Å². The Hall–Kier alpha value is -3.76. The summed E-state index contributed by atoms with van der Waals surface area (Å²) in [6.07, 6.45) is 5.46. The van der Waals surface area contributed by atoms with Gasteiger partial charge in [-0.15, -0.1) is 0 Å². The number of nitrogens with zero attached hydrogens (tertiary/aromatic N) is 4. The molecule has 2 fully saturated rings. The first-order valence-corrected chi connectivity index (χ1v) is 14.0. The number of hydrogen-bond acceptors (Lipinski definition) is 7. The molecule has 1 atom stereocenters. The fourth-order valence-electron chi connectivity index (χ4n) is 6.07. The molecule has 0 amide bonds. The molecule has 10 heteroatoms. The SMILES string of the molecule is CC(C)CNCc1cc(F)ccc1Oc1cncnc1N1CCC2(CCN(Cc3ccc4[nH]c(=O)[nH]c4c3)C2)C1. The number of aromatic nitrogens is 4. The van der Waals surface area contributed by atoms with Crippen molar-refractivity contribution in [3.05, 3.63) is 76.4 Å². The van der Waals surface area contributed by atoms with E-state index in [2.05, 4.69) is 61.0 Å². The second-order valence-corrected chi connectivity index (χ2v) is 11.7. The lowest BCUT2D eigenvalue weighted by atomic mass is 9.86. The largest absolute Gasteiger partial charge is 0.451 e. The molecule has 1 unspecified atom stereocenters. The lowest BCUT2D eigenvalue weighted by molar-refractivity contribution is 0.270. The fraction of sp³-hybridized carbons (Fsp3) is 0.433.